The van der Waals surface area contributed by atoms with E-state index in [1.165, 1.54) is 17.0 Å². The minimum Gasteiger partial charge on any atom is -0.489 e. The van der Waals surface area contributed by atoms with E-state index in [1.54, 1.807) is 6.08 Å². The minimum absolute atomic E-state index is 0.473. The standard InChI is InChI=1S/C25H22N2O4/c1-2-11-27-22(15-26-31-17-25(28)29)13-21-14-23(9-10-24(21)27)30-16-18-7-8-19-5-3-4-6-20(19)12-18/h2-10,12-15H,1,11,16-17H2,(H,28,29). The molecule has 0 aliphatic rings. The highest BCUT2D eigenvalue weighted by molar-refractivity contribution is 5.91. The molecule has 0 saturated carbocycles. The molecule has 0 unspecified atom stereocenters. The molecule has 0 fully saturated rings. The second-order valence-corrected chi connectivity index (χ2v) is 7.06. The van der Waals surface area contributed by atoms with Gasteiger partial charge >= 0.3 is 5.97 Å². The number of carboxylic acids is 1. The van der Waals surface area contributed by atoms with Gasteiger partial charge in [0.2, 0.25) is 6.61 Å². The summed E-state index contributed by atoms with van der Waals surface area (Å²) >= 11 is 0. The van der Waals surface area contributed by atoms with Gasteiger partial charge in [0, 0.05) is 17.4 Å². The maximum atomic E-state index is 10.6. The zero-order valence-corrected chi connectivity index (χ0v) is 16.9. The van der Waals surface area contributed by atoms with Crippen LogP contribution < -0.4 is 4.74 Å². The predicted octanol–water partition coefficient (Wildman–Crippen LogP) is 4.99. The molecule has 0 bridgehead atoms. The van der Waals surface area contributed by atoms with Crippen LogP contribution in [0, 0.1) is 0 Å². The molecule has 0 aliphatic carbocycles. The molecule has 4 aromatic rings. The van der Waals surface area contributed by atoms with Gasteiger partial charge in [-0.25, -0.2) is 4.79 Å². The third kappa shape index (κ3) is 4.75. The van der Waals surface area contributed by atoms with Crippen LogP contribution in [0.3, 0.4) is 0 Å². The van der Waals surface area contributed by atoms with E-state index in [0.29, 0.717) is 13.2 Å². The summed E-state index contributed by atoms with van der Waals surface area (Å²) in [5, 5.41) is 15.8. The normalized spacial score (nSPS) is 11.2. The predicted molar refractivity (Wildman–Crippen MR) is 122 cm³/mol. The summed E-state index contributed by atoms with van der Waals surface area (Å²) in [6.45, 7) is 4.38. The van der Waals surface area contributed by atoms with Crippen LogP contribution in [0.2, 0.25) is 0 Å². The number of aromatic nitrogens is 1. The first-order valence-electron chi connectivity index (χ1n) is 9.86. The molecule has 1 heterocycles. The summed E-state index contributed by atoms with van der Waals surface area (Å²) in [5.41, 5.74) is 2.89. The summed E-state index contributed by atoms with van der Waals surface area (Å²) in [6.07, 6.45) is 3.29. The third-order valence-corrected chi connectivity index (χ3v) is 4.88. The number of benzene rings is 3. The number of fused-ring (bicyclic) bond motifs is 2. The molecule has 1 aromatic heterocycles. The van der Waals surface area contributed by atoms with Crippen molar-refractivity contribution in [2.75, 3.05) is 6.61 Å². The van der Waals surface area contributed by atoms with Crippen LogP contribution in [0.5, 0.6) is 5.75 Å². The molecule has 0 radical (unpaired) electrons. The molecule has 6 heteroatoms. The van der Waals surface area contributed by atoms with Crippen molar-refractivity contribution >= 4 is 33.9 Å². The maximum absolute atomic E-state index is 10.6. The molecule has 31 heavy (non-hydrogen) atoms. The highest BCUT2D eigenvalue weighted by atomic mass is 16.6. The zero-order chi connectivity index (χ0) is 21.6. The van der Waals surface area contributed by atoms with E-state index in [9.17, 15) is 4.79 Å². The Morgan fingerprint density at radius 1 is 1.03 bits per heavy atom. The summed E-state index contributed by atoms with van der Waals surface area (Å²) < 4.78 is 8.05. The lowest BCUT2D eigenvalue weighted by molar-refractivity contribution is -0.142. The van der Waals surface area contributed by atoms with E-state index in [-0.39, 0.29) is 0 Å². The number of carbonyl (C=O) groups is 1. The van der Waals surface area contributed by atoms with Crippen LogP contribution in [0.1, 0.15) is 11.3 Å². The Hall–Kier alpha value is -4.06. The number of nitrogens with zero attached hydrogens (tertiary/aromatic N) is 2. The Bertz CT molecular complexity index is 1270. The van der Waals surface area contributed by atoms with Gasteiger partial charge in [-0.15, -0.1) is 6.58 Å². The number of aliphatic carboxylic acids is 1. The maximum Gasteiger partial charge on any atom is 0.344 e. The average Bonchev–Trinajstić information content (AvgIpc) is 3.12. The van der Waals surface area contributed by atoms with Gasteiger partial charge in [0.1, 0.15) is 12.4 Å². The van der Waals surface area contributed by atoms with Crippen molar-refractivity contribution in [2.45, 2.75) is 13.2 Å². The smallest absolute Gasteiger partial charge is 0.344 e. The number of oxime groups is 1. The SMILES string of the molecule is C=CCn1c(C=NOCC(=O)O)cc2cc(OCc3ccc4ccccc4c3)ccc21. The lowest BCUT2D eigenvalue weighted by atomic mass is 10.1. The molecule has 0 aliphatic heterocycles. The van der Waals surface area contributed by atoms with Gasteiger partial charge in [0.15, 0.2) is 0 Å². The Balaban J connectivity index is 1.53. The first kappa shape index (κ1) is 20.2. The van der Waals surface area contributed by atoms with Crippen molar-refractivity contribution in [3.63, 3.8) is 0 Å². The van der Waals surface area contributed by atoms with Crippen molar-refractivity contribution in [2.24, 2.45) is 5.16 Å². The molecule has 1 N–H and O–H groups in total. The minimum atomic E-state index is -1.07. The fraction of sp³-hybridized carbons (Fsp3) is 0.120. The molecule has 0 amide bonds. The van der Waals surface area contributed by atoms with Crippen molar-refractivity contribution in [1.82, 2.24) is 4.57 Å². The molecular weight excluding hydrogens is 392 g/mol. The van der Waals surface area contributed by atoms with Crippen molar-refractivity contribution in [3.8, 4) is 5.75 Å². The van der Waals surface area contributed by atoms with Crippen LogP contribution in [-0.2, 0) is 22.8 Å². The fourth-order valence-corrected chi connectivity index (χ4v) is 3.48. The highest BCUT2D eigenvalue weighted by Crippen LogP contribution is 2.25. The highest BCUT2D eigenvalue weighted by Gasteiger charge is 2.08. The topological polar surface area (TPSA) is 73.1 Å². The largest absolute Gasteiger partial charge is 0.489 e. The second kappa shape index (κ2) is 9.17. The number of rotatable bonds is 9. The molecule has 0 spiro atoms. The van der Waals surface area contributed by atoms with E-state index in [4.69, 9.17) is 14.7 Å². The second-order valence-electron chi connectivity index (χ2n) is 7.06. The molecule has 6 nitrogen and oxygen atoms in total. The Labute approximate surface area is 179 Å². The van der Waals surface area contributed by atoms with Gasteiger partial charge in [-0.1, -0.05) is 47.6 Å². The Morgan fingerprint density at radius 3 is 2.68 bits per heavy atom. The quantitative estimate of drug-likeness (QED) is 0.238. The number of allylic oxidation sites excluding steroid dienone is 1. The lowest BCUT2D eigenvalue weighted by Gasteiger charge is -2.09. The first-order valence-corrected chi connectivity index (χ1v) is 9.86. The number of ether oxygens (including phenoxy) is 1. The lowest BCUT2D eigenvalue weighted by Crippen LogP contribution is -2.04. The van der Waals surface area contributed by atoms with E-state index >= 15 is 0 Å². The van der Waals surface area contributed by atoms with Crippen molar-refractivity contribution < 1.29 is 19.5 Å². The van der Waals surface area contributed by atoms with E-state index in [1.807, 2.05) is 41.0 Å². The average molecular weight is 414 g/mol. The van der Waals surface area contributed by atoms with Gasteiger partial charge in [0.25, 0.3) is 0 Å². The van der Waals surface area contributed by atoms with Crippen LogP contribution in [0.25, 0.3) is 21.7 Å². The summed E-state index contributed by atoms with van der Waals surface area (Å²) in [7, 11) is 0. The molecule has 3 aromatic carbocycles. The summed E-state index contributed by atoms with van der Waals surface area (Å²) in [6, 6.07) is 22.4. The number of carboxylic acid groups (broad SMARTS) is 1. The van der Waals surface area contributed by atoms with Crippen molar-refractivity contribution in [3.05, 3.63) is 90.6 Å². The molecule has 0 atom stereocenters. The van der Waals surface area contributed by atoms with Crippen LogP contribution in [0.15, 0.2) is 84.5 Å². The summed E-state index contributed by atoms with van der Waals surface area (Å²) in [5.74, 6) is -0.306. The van der Waals surface area contributed by atoms with Crippen molar-refractivity contribution in [1.29, 1.82) is 0 Å². The first-order chi connectivity index (χ1) is 15.1. The van der Waals surface area contributed by atoms with E-state index in [2.05, 4.69) is 42.1 Å². The van der Waals surface area contributed by atoms with Crippen LogP contribution >= 0.6 is 0 Å². The molecule has 156 valence electrons. The monoisotopic (exact) mass is 414 g/mol. The third-order valence-electron chi connectivity index (χ3n) is 4.88. The summed E-state index contributed by atoms with van der Waals surface area (Å²) in [4.78, 5) is 15.3. The van der Waals surface area contributed by atoms with Crippen LogP contribution in [-0.4, -0.2) is 28.5 Å². The number of hydrogen-bond acceptors (Lipinski definition) is 4. The van der Waals surface area contributed by atoms with Gasteiger partial charge in [-0.3, -0.25) is 0 Å². The van der Waals surface area contributed by atoms with E-state index in [0.717, 1.165) is 27.9 Å². The van der Waals surface area contributed by atoms with Gasteiger partial charge in [-0.05, 0) is 46.7 Å². The fourth-order valence-electron chi connectivity index (χ4n) is 3.48. The molecular formula is C25H22N2O4. The molecule has 4 rings (SSSR count). The van der Waals surface area contributed by atoms with E-state index < -0.39 is 12.6 Å². The molecule has 0 saturated heterocycles. The zero-order valence-electron chi connectivity index (χ0n) is 16.9. The van der Waals surface area contributed by atoms with Gasteiger partial charge in [-0.2, -0.15) is 0 Å². The van der Waals surface area contributed by atoms with Gasteiger partial charge in [0.05, 0.1) is 11.9 Å². The Kier molecular flexibility index (Phi) is 5.98. The van der Waals surface area contributed by atoms with Crippen LogP contribution in [0.4, 0.5) is 0 Å². The number of hydrogen-bond donors (Lipinski definition) is 1. The Morgan fingerprint density at radius 2 is 1.87 bits per heavy atom. The van der Waals surface area contributed by atoms with Gasteiger partial charge < -0.3 is 19.2 Å².